The minimum Gasteiger partial charge on any atom is -0.351 e. The molecule has 0 atom stereocenters. The molecule has 0 spiro atoms. The van der Waals surface area contributed by atoms with Gasteiger partial charge in [0.05, 0.1) is 17.5 Å². The van der Waals surface area contributed by atoms with E-state index in [0.717, 1.165) is 13.0 Å². The van der Waals surface area contributed by atoms with Crippen molar-refractivity contribution in [2.24, 2.45) is 0 Å². The number of nitrogens with zero attached hydrogens (tertiary/aromatic N) is 3. The highest BCUT2D eigenvalue weighted by Gasteiger charge is 2.10. The number of halogens is 1. The van der Waals surface area contributed by atoms with Gasteiger partial charge >= 0.3 is 0 Å². The van der Waals surface area contributed by atoms with Crippen molar-refractivity contribution in [1.29, 1.82) is 0 Å². The fourth-order valence-electron chi connectivity index (χ4n) is 1.40. The Labute approximate surface area is 103 Å². The molecule has 0 bridgehead atoms. The van der Waals surface area contributed by atoms with Crippen molar-refractivity contribution in [3.8, 4) is 0 Å². The minimum absolute atomic E-state index is 0.238. The molecule has 0 radical (unpaired) electrons. The molecule has 0 aliphatic heterocycles. The van der Waals surface area contributed by atoms with E-state index in [1.54, 1.807) is 12.5 Å². The quantitative estimate of drug-likeness (QED) is 0.783. The summed E-state index contributed by atoms with van der Waals surface area (Å²) in [5.74, 6) is -0.238. The van der Waals surface area contributed by atoms with Gasteiger partial charge in [0.2, 0.25) is 0 Å². The first-order valence-corrected chi connectivity index (χ1v) is 5.58. The highest BCUT2D eigenvalue weighted by atomic mass is 35.5. The molecule has 17 heavy (non-hydrogen) atoms. The van der Waals surface area contributed by atoms with E-state index >= 15 is 0 Å². The maximum Gasteiger partial charge on any atom is 0.270 e. The van der Waals surface area contributed by atoms with E-state index in [1.807, 2.05) is 10.8 Å². The van der Waals surface area contributed by atoms with Crippen LogP contribution >= 0.6 is 11.6 Å². The van der Waals surface area contributed by atoms with Crippen molar-refractivity contribution in [3.63, 3.8) is 0 Å². The Morgan fingerprint density at radius 2 is 2.47 bits per heavy atom. The monoisotopic (exact) mass is 253 g/mol. The van der Waals surface area contributed by atoms with Crippen molar-refractivity contribution in [2.75, 3.05) is 6.54 Å². The highest BCUT2D eigenvalue weighted by Crippen LogP contribution is 2.10. The van der Waals surface area contributed by atoms with Crippen LogP contribution in [-0.4, -0.2) is 32.2 Å². The fourth-order valence-corrected chi connectivity index (χ4v) is 1.58. The summed E-state index contributed by atoms with van der Waals surface area (Å²) in [6, 6.07) is 0. The average Bonchev–Trinajstić information content (AvgIpc) is 2.95. The van der Waals surface area contributed by atoms with Gasteiger partial charge in [-0.3, -0.25) is 9.89 Å². The van der Waals surface area contributed by atoms with E-state index in [1.165, 1.54) is 6.20 Å². The lowest BCUT2D eigenvalue weighted by Gasteiger charge is -2.04. The lowest BCUT2D eigenvalue weighted by molar-refractivity contribution is 0.0948. The topological polar surface area (TPSA) is 75.6 Å². The van der Waals surface area contributed by atoms with Crippen LogP contribution in [0.15, 0.2) is 24.9 Å². The number of hydrogen-bond acceptors (Lipinski definition) is 3. The van der Waals surface area contributed by atoms with Crippen molar-refractivity contribution in [3.05, 3.63) is 35.6 Å². The zero-order valence-corrected chi connectivity index (χ0v) is 9.81. The third-order valence-corrected chi connectivity index (χ3v) is 2.54. The Kier molecular flexibility index (Phi) is 3.77. The molecular formula is C10H12ClN5O. The lowest BCUT2D eigenvalue weighted by atomic mass is 10.3. The van der Waals surface area contributed by atoms with Crippen LogP contribution in [-0.2, 0) is 6.54 Å². The number of aromatic amines is 1. The van der Waals surface area contributed by atoms with E-state index in [4.69, 9.17) is 11.6 Å². The average molecular weight is 254 g/mol. The minimum atomic E-state index is -0.238. The molecule has 0 unspecified atom stereocenters. The molecule has 2 aromatic heterocycles. The third kappa shape index (κ3) is 3.07. The second kappa shape index (κ2) is 5.49. The molecule has 2 heterocycles. The molecule has 0 aliphatic rings. The van der Waals surface area contributed by atoms with Crippen LogP contribution in [0.25, 0.3) is 0 Å². The molecule has 0 saturated carbocycles. The standard InChI is InChI=1S/C10H12ClN5O/c11-8-6-14-15-9(8)10(17)13-2-1-4-16-5-3-12-7-16/h3,5-7H,1-2,4H2,(H,13,17)(H,14,15). The molecule has 0 aromatic carbocycles. The van der Waals surface area contributed by atoms with Gasteiger partial charge in [-0.15, -0.1) is 0 Å². The number of imidazole rings is 1. The molecule has 0 aliphatic carbocycles. The van der Waals surface area contributed by atoms with Crippen molar-refractivity contribution >= 4 is 17.5 Å². The van der Waals surface area contributed by atoms with Gasteiger partial charge in [-0.2, -0.15) is 5.10 Å². The predicted octanol–water partition coefficient (Wildman–Crippen LogP) is 1.08. The van der Waals surface area contributed by atoms with Gasteiger partial charge in [-0.25, -0.2) is 4.98 Å². The predicted molar refractivity (Wildman–Crippen MR) is 62.8 cm³/mol. The number of rotatable bonds is 5. The Morgan fingerprint density at radius 3 is 3.12 bits per heavy atom. The Bertz CT molecular complexity index is 479. The van der Waals surface area contributed by atoms with Crippen molar-refractivity contribution in [2.45, 2.75) is 13.0 Å². The molecule has 0 fully saturated rings. The number of carbonyl (C=O) groups excluding carboxylic acids is 1. The number of carbonyl (C=O) groups is 1. The Morgan fingerprint density at radius 1 is 1.59 bits per heavy atom. The summed E-state index contributed by atoms with van der Waals surface area (Å²) < 4.78 is 1.95. The summed E-state index contributed by atoms with van der Waals surface area (Å²) in [5, 5.41) is 9.32. The molecule has 7 heteroatoms. The second-order valence-electron chi connectivity index (χ2n) is 3.50. The molecule has 0 saturated heterocycles. The lowest BCUT2D eigenvalue weighted by Crippen LogP contribution is -2.25. The van der Waals surface area contributed by atoms with Crippen LogP contribution in [0, 0.1) is 0 Å². The van der Waals surface area contributed by atoms with Crippen LogP contribution in [0.1, 0.15) is 16.9 Å². The van der Waals surface area contributed by atoms with Gasteiger partial charge < -0.3 is 9.88 Å². The maximum atomic E-state index is 11.6. The summed E-state index contributed by atoms with van der Waals surface area (Å²) in [5.41, 5.74) is 0.300. The SMILES string of the molecule is O=C(NCCCn1ccnc1)c1[nH]ncc1Cl. The van der Waals surface area contributed by atoms with Gasteiger partial charge in [0.1, 0.15) is 5.69 Å². The van der Waals surface area contributed by atoms with Gasteiger partial charge in [0.15, 0.2) is 0 Å². The Hall–Kier alpha value is -1.82. The molecule has 6 nitrogen and oxygen atoms in total. The first kappa shape index (κ1) is 11.7. The van der Waals surface area contributed by atoms with Crippen LogP contribution in [0.4, 0.5) is 0 Å². The van der Waals surface area contributed by atoms with E-state index in [-0.39, 0.29) is 5.91 Å². The summed E-state index contributed by atoms with van der Waals surface area (Å²) >= 11 is 5.76. The third-order valence-electron chi connectivity index (χ3n) is 2.26. The van der Waals surface area contributed by atoms with Gasteiger partial charge in [-0.1, -0.05) is 11.6 Å². The smallest absolute Gasteiger partial charge is 0.270 e. The number of H-pyrrole nitrogens is 1. The van der Waals surface area contributed by atoms with Crippen LogP contribution in [0.5, 0.6) is 0 Å². The normalized spacial score (nSPS) is 10.4. The zero-order valence-electron chi connectivity index (χ0n) is 9.06. The Balaban J connectivity index is 1.72. The van der Waals surface area contributed by atoms with Gasteiger partial charge in [0.25, 0.3) is 5.91 Å². The fraction of sp³-hybridized carbons (Fsp3) is 0.300. The number of aryl methyl sites for hydroxylation is 1. The summed E-state index contributed by atoms with van der Waals surface area (Å²) in [4.78, 5) is 15.5. The van der Waals surface area contributed by atoms with E-state index in [0.29, 0.717) is 17.3 Å². The van der Waals surface area contributed by atoms with Crippen LogP contribution < -0.4 is 5.32 Å². The molecule has 2 rings (SSSR count). The van der Waals surface area contributed by atoms with Gasteiger partial charge in [-0.05, 0) is 6.42 Å². The largest absolute Gasteiger partial charge is 0.351 e. The highest BCUT2D eigenvalue weighted by molar-refractivity contribution is 6.33. The number of amides is 1. The number of aromatic nitrogens is 4. The van der Waals surface area contributed by atoms with E-state index in [9.17, 15) is 4.79 Å². The summed E-state index contributed by atoms with van der Waals surface area (Å²) in [6.45, 7) is 1.39. The van der Waals surface area contributed by atoms with E-state index < -0.39 is 0 Å². The van der Waals surface area contributed by atoms with Crippen molar-refractivity contribution < 1.29 is 4.79 Å². The second-order valence-corrected chi connectivity index (χ2v) is 3.91. The first-order valence-electron chi connectivity index (χ1n) is 5.20. The molecule has 2 aromatic rings. The molecule has 2 N–H and O–H groups in total. The number of nitrogens with one attached hydrogen (secondary N) is 2. The molecule has 90 valence electrons. The molecular weight excluding hydrogens is 242 g/mol. The van der Waals surface area contributed by atoms with Crippen LogP contribution in [0.3, 0.4) is 0 Å². The number of hydrogen-bond donors (Lipinski definition) is 2. The van der Waals surface area contributed by atoms with Crippen molar-refractivity contribution in [1.82, 2.24) is 25.1 Å². The summed E-state index contributed by atoms with van der Waals surface area (Å²) in [7, 11) is 0. The maximum absolute atomic E-state index is 11.6. The zero-order chi connectivity index (χ0) is 12.1. The van der Waals surface area contributed by atoms with Crippen LogP contribution in [0.2, 0.25) is 5.02 Å². The first-order chi connectivity index (χ1) is 8.27. The summed E-state index contributed by atoms with van der Waals surface area (Å²) in [6.07, 6.45) is 7.58. The van der Waals surface area contributed by atoms with Gasteiger partial charge in [0, 0.05) is 25.5 Å². The van der Waals surface area contributed by atoms with E-state index in [2.05, 4.69) is 20.5 Å². The molecule has 1 amide bonds.